The van der Waals surface area contributed by atoms with Gasteiger partial charge in [0.15, 0.2) is 0 Å². The van der Waals surface area contributed by atoms with Crippen LogP contribution >= 0.6 is 11.6 Å². The van der Waals surface area contributed by atoms with Gasteiger partial charge in [0, 0.05) is 12.1 Å². The third-order valence-corrected chi connectivity index (χ3v) is 1.34. The molecule has 2 N–H and O–H groups in total. The first-order chi connectivity index (χ1) is 4.66. The van der Waals surface area contributed by atoms with Crippen LogP contribution in [0.4, 0.5) is 0 Å². The minimum absolute atomic E-state index is 0.0687. The van der Waals surface area contributed by atoms with Gasteiger partial charge in [-0.3, -0.25) is 4.79 Å². The van der Waals surface area contributed by atoms with Crippen molar-refractivity contribution < 1.29 is 4.79 Å². The Morgan fingerprint density at radius 3 is 2.70 bits per heavy atom. The van der Waals surface area contributed by atoms with Crippen LogP contribution in [0.2, 0.25) is 0 Å². The maximum Gasteiger partial charge on any atom is 0.147 e. The van der Waals surface area contributed by atoms with E-state index in [2.05, 4.69) is 0 Å². The van der Waals surface area contributed by atoms with Crippen LogP contribution in [0.25, 0.3) is 0 Å². The zero-order valence-electron chi connectivity index (χ0n) is 6.06. The third kappa shape index (κ3) is 5.63. The molecule has 0 aliphatic carbocycles. The second-order valence-corrected chi connectivity index (χ2v) is 2.43. The van der Waals surface area contributed by atoms with E-state index in [0.717, 1.165) is 5.70 Å². The number of carbonyl (C=O) groups is 1. The third-order valence-electron chi connectivity index (χ3n) is 1.04. The Bertz CT molecular complexity index is 139. The van der Waals surface area contributed by atoms with Crippen LogP contribution in [0.1, 0.15) is 19.8 Å². The molecular formula is C7H12ClNO. The van der Waals surface area contributed by atoms with Crippen molar-refractivity contribution in [3.8, 4) is 0 Å². The van der Waals surface area contributed by atoms with Gasteiger partial charge >= 0.3 is 0 Å². The summed E-state index contributed by atoms with van der Waals surface area (Å²) >= 11 is 5.27. The van der Waals surface area contributed by atoms with Crippen LogP contribution in [-0.2, 0) is 4.79 Å². The number of hydrogen-bond donors (Lipinski definition) is 1. The molecular weight excluding hydrogens is 150 g/mol. The molecule has 0 fully saturated rings. The average Bonchev–Trinajstić information content (AvgIpc) is 1.87. The monoisotopic (exact) mass is 161 g/mol. The van der Waals surface area contributed by atoms with Gasteiger partial charge in [0.2, 0.25) is 0 Å². The highest BCUT2D eigenvalue weighted by atomic mass is 35.5. The van der Waals surface area contributed by atoms with Crippen molar-refractivity contribution in [1.82, 2.24) is 0 Å². The molecule has 0 unspecified atom stereocenters. The molecule has 3 heteroatoms. The van der Waals surface area contributed by atoms with Crippen LogP contribution < -0.4 is 5.73 Å². The van der Waals surface area contributed by atoms with Crippen molar-refractivity contribution >= 4 is 17.4 Å². The Hall–Kier alpha value is -0.500. The second-order valence-electron chi connectivity index (χ2n) is 2.16. The van der Waals surface area contributed by atoms with Crippen molar-refractivity contribution in [2.24, 2.45) is 5.73 Å². The van der Waals surface area contributed by atoms with E-state index < -0.39 is 0 Å². The van der Waals surface area contributed by atoms with E-state index in [9.17, 15) is 4.79 Å². The molecule has 0 saturated carbocycles. The molecule has 0 atom stereocenters. The van der Waals surface area contributed by atoms with E-state index in [4.69, 9.17) is 17.3 Å². The Balaban J connectivity index is 3.37. The van der Waals surface area contributed by atoms with Crippen molar-refractivity contribution in [2.75, 3.05) is 5.88 Å². The molecule has 2 nitrogen and oxygen atoms in total. The van der Waals surface area contributed by atoms with Gasteiger partial charge in [-0.15, -0.1) is 11.6 Å². The minimum atomic E-state index is 0.0687. The van der Waals surface area contributed by atoms with E-state index in [1.54, 1.807) is 6.92 Å². The van der Waals surface area contributed by atoms with Crippen LogP contribution in [0.5, 0.6) is 0 Å². The predicted octanol–water partition coefficient (Wildman–Crippen LogP) is 1.44. The first-order valence-electron chi connectivity index (χ1n) is 3.16. The van der Waals surface area contributed by atoms with E-state index in [1.807, 2.05) is 6.08 Å². The maximum atomic E-state index is 10.6. The number of allylic oxidation sites excluding steroid dienone is 2. The summed E-state index contributed by atoms with van der Waals surface area (Å²) in [5, 5.41) is 0. The highest BCUT2D eigenvalue weighted by molar-refractivity contribution is 6.27. The molecule has 10 heavy (non-hydrogen) atoms. The number of alkyl halides is 1. The van der Waals surface area contributed by atoms with Gasteiger partial charge in [0.05, 0.1) is 5.88 Å². The van der Waals surface area contributed by atoms with E-state index >= 15 is 0 Å². The Labute approximate surface area is 66.0 Å². The molecule has 0 radical (unpaired) electrons. The Morgan fingerprint density at radius 1 is 1.70 bits per heavy atom. The number of carbonyl (C=O) groups excluding carboxylic acids is 1. The molecule has 0 heterocycles. The molecule has 0 rings (SSSR count). The molecule has 0 spiro atoms. The Kier molecular flexibility index (Phi) is 5.03. The largest absolute Gasteiger partial charge is 0.403 e. The predicted molar refractivity (Wildman–Crippen MR) is 42.9 cm³/mol. The van der Waals surface area contributed by atoms with Gasteiger partial charge in [0.1, 0.15) is 5.78 Å². The quantitative estimate of drug-likeness (QED) is 0.634. The fourth-order valence-corrected chi connectivity index (χ4v) is 0.661. The van der Waals surface area contributed by atoms with Gasteiger partial charge in [-0.05, 0) is 13.3 Å². The van der Waals surface area contributed by atoms with Gasteiger partial charge in [-0.25, -0.2) is 0 Å². The van der Waals surface area contributed by atoms with Gasteiger partial charge in [-0.2, -0.15) is 0 Å². The lowest BCUT2D eigenvalue weighted by molar-refractivity contribution is -0.116. The first kappa shape index (κ1) is 9.50. The van der Waals surface area contributed by atoms with E-state index in [1.165, 1.54) is 0 Å². The highest BCUT2D eigenvalue weighted by Crippen LogP contribution is 1.95. The summed E-state index contributed by atoms with van der Waals surface area (Å²) in [4.78, 5) is 10.6. The fourth-order valence-electron chi connectivity index (χ4n) is 0.528. The van der Waals surface area contributed by atoms with Crippen molar-refractivity contribution in [3.05, 3.63) is 11.8 Å². The summed E-state index contributed by atoms with van der Waals surface area (Å²) < 4.78 is 0. The van der Waals surface area contributed by atoms with Crippen LogP contribution in [-0.4, -0.2) is 11.7 Å². The SMILES string of the molecule is C/C(N)=C/CCC(=O)CCl. The maximum absolute atomic E-state index is 10.6. The van der Waals surface area contributed by atoms with Crippen molar-refractivity contribution in [2.45, 2.75) is 19.8 Å². The standard InChI is InChI=1S/C7H12ClNO/c1-6(9)3-2-4-7(10)5-8/h3H,2,4-5,9H2,1H3/b6-3-. The van der Waals surface area contributed by atoms with Crippen molar-refractivity contribution in [1.29, 1.82) is 0 Å². The topological polar surface area (TPSA) is 43.1 Å². The molecule has 0 aliphatic heterocycles. The van der Waals surface area contributed by atoms with Gasteiger partial charge in [0.25, 0.3) is 0 Å². The number of halogens is 1. The van der Waals surface area contributed by atoms with Crippen LogP contribution in [0.3, 0.4) is 0 Å². The summed E-state index contributed by atoms with van der Waals surface area (Å²) in [5.41, 5.74) is 6.09. The number of nitrogens with two attached hydrogens (primary N) is 1. The molecule has 0 aromatic rings. The minimum Gasteiger partial charge on any atom is -0.403 e. The normalized spacial score (nSPS) is 11.6. The fraction of sp³-hybridized carbons (Fsp3) is 0.571. The lowest BCUT2D eigenvalue weighted by Crippen LogP contribution is -1.98. The zero-order valence-corrected chi connectivity index (χ0v) is 6.82. The number of rotatable bonds is 4. The second kappa shape index (κ2) is 5.30. The highest BCUT2D eigenvalue weighted by Gasteiger charge is 1.95. The molecule has 0 aliphatic rings. The number of ketones is 1. The first-order valence-corrected chi connectivity index (χ1v) is 3.70. The molecule has 0 saturated heterocycles. The average molecular weight is 162 g/mol. The zero-order chi connectivity index (χ0) is 7.98. The molecule has 0 aromatic heterocycles. The summed E-state index contributed by atoms with van der Waals surface area (Å²) in [6.45, 7) is 1.80. The number of Topliss-reactive ketones (excluding diaryl/α,β-unsaturated/α-hetero) is 1. The van der Waals surface area contributed by atoms with Crippen LogP contribution in [0, 0.1) is 0 Å². The summed E-state index contributed by atoms with van der Waals surface area (Å²) in [6.07, 6.45) is 3.02. The molecule has 58 valence electrons. The van der Waals surface area contributed by atoms with Crippen molar-refractivity contribution in [3.63, 3.8) is 0 Å². The summed E-state index contributed by atoms with van der Waals surface area (Å²) in [5.74, 6) is 0.177. The summed E-state index contributed by atoms with van der Waals surface area (Å²) in [7, 11) is 0. The van der Waals surface area contributed by atoms with Gasteiger partial charge in [-0.1, -0.05) is 6.08 Å². The van der Waals surface area contributed by atoms with E-state index in [-0.39, 0.29) is 11.7 Å². The Morgan fingerprint density at radius 2 is 2.30 bits per heavy atom. The summed E-state index contributed by atoms with van der Waals surface area (Å²) in [6, 6.07) is 0. The lowest BCUT2D eigenvalue weighted by Gasteiger charge is -1.91. The smallest absolute Gasteiger partial charge is 0.147 e. The van der Waals surface area contributed by atoms with E-state index in [0.29, 0.717) is 12.8 Å². The van der Waals surface area contributed by atoms with Crippen LogP contribution in [0.15, 0.2) is 11.8 Å². The molecule has 0 bridgehead atoms. The molecule has 0 amide bonds. The number of hydrogen-bond acceptors (Lipinski definition) is 2. The lowest BCUT2D eigenvalue weighted by atomic mass is 10.2. The van der Waals surface area contributed by atoms with Gasteiger partial charge < -0.3 is 5.73 Å². The molecule has 0 aromatic carbocycles.